The molecule has 0 aliphatic carbocycles. The maximum atomic E-state index is 8.88. The van der Waals surface area contributed by atoms with Gasteiger partial charge in [-0.25, -0.2) is 4.57 Å². The molecule has 0 aliphatic heterocycles. The predicted octanol–water partition coefficient (Wildman–Crippen LogP) is 2.55. The Bertz CT molecular complexity index is 550. The molecule has 122 valence electrons. The summed E-state index contributed by atoms with van der Waals surface area (Å²) in [7, 11) is -2.67. The van der Waals surface area contributed by atoms with E-state index in [2.05, 4.69) is 22.1 Å². The van der Waals surface area contributed by atoms with E-state index in [1.807, 2.05) is 37.4 Å². The van der Waals surface area contributed by atoms with Gasteiger partial charge in [0.05, 0.1) is 0 Å². The molecule has 0 amide bonds. The average Bonchev–Trinajstić information content (AvgIpc) is 2.97. The Morgan fingerprint density at radius 1 is 1.23 bits per heavy atom. The van der Waals surface area contributed by atoms with Gasteiger partial charge in [-0.1, -0.05) is 18.2 Å². The number of thiophene rings is 1. The van der Waals surface area contributed by atoms with Crippen molar-refractivity contribution in [3.63, 3.8) is 0 Å². The number of hydrogen-bond acceptors (Lipinski definition) is 4. The highest BCUT2D eigenvalue weighted by Crippen LogP contribution is 2.26. The second-order valence-electron chi connectivity index (χ2n) is 4.38. The molecule has 2 aromatic rings. The molecule has 8 heteroatoms. The molecule has 0 fully saturated rings. The molecule has 1 atom stereocenters. The van der Waals surface area contributed by atoms with Crippen LogP contribution in [0, 0.1) is 0 Å². The van der Waals surface area contributed by atoms with Crippen molar-refractivity contribution in [2.24, 2.45) is 0 Å². The molecule has 6 nitrogen and oxygen atoms in total. The highest BCUT2D eigenvalue weighted by Gasteiger charge is 2.13. The Hall–Kier alpha value is -1.21. The highest BCUT2D eigenvalue weighted by molar-refractivity contribution is 7.45. The number of benzene rings is 1. The van der Waals surface area contributed by atoms with Gasteiger partial charge in [-0.3, -0.25) is 0 Å². The molecule has 0 saturated carbocycles. The van der Waals surface area contributed by atoms with Crippen molar-refractivity contribution < 1.29 is 24.0 Å². The van der Waals surface area contributed by atoms with Crippen molar-refractivity contribution in [1.82, 2.24) is 5.32 Å². The zero-order valence-electron chi connectivity index (χ0n) is 12.1. The maximum Gasteiger partial charge on any atom is 0.466 e. The van der Waals surface area contributed by atoms with Gasteiger partial charge in [-0.05, 0) is 42.6 Å². The molecule has 0 radical (unpaired) electrons. The van der Waals surface area contributed by atoms with Crippen molar-refractivity contribution in [1.29, 1.82) is 0 Å². The van der Waals surface area contributed by atoms with Gasteiger partial charge in [0.2, 0.25) is 0 Å². The van der Waals surface area contributed by atoms with Gasteiger partial charge < -0.3 is 24.7 Å². The van der Waals surface area contributed by atoms with E-state index in [4.69, 9.17) is 24.0 Å². The minimum absolute atomic E-state index is 0.135. The number of rotatable bonds is 6. The van der Waals surface area contributed by atoms with Crippen molar-refractivity contribution in [3.05, 3.63) is 52.7 Å². The van der Waals surface area contributed by atoms with Crippen LogP contribution in [-0.4, -0.2) is 28.3 Å². The topological polar surface area (TPSA) is 99.0 Å². The summed E-state index contributed by atoms with van der Waals surface area (Å²) in [5.74, 6) is 0.930. The monoisotopic (exact) mass is 345 g/mol. The Morgan fingerprint density at radius 2 is 1.86 bits per heavy atom. The molecule has 4 N–H and O–H groups in total. The molecule has 2 rings (SSSR count). The zero-order valence-corrected chi connectivity index (χ0v) is 13.8. The third kappa shape index (κ3) is 8.94. The second kappa shape index (κ2) is 9.74. The van der Waals surface area contributed by atoms with Gasteiger partial charge in [-0.15, -0.1) is 0 Å². The summed E-state index contributed by atoms with van der Waals surface area (Å²) in [6.45, 7) is 0.952. The van der Waals surface area contributed by atoms with Crippen LogP contribution in [0.4, 0.5) is 0 Å². The number of nitrogens with one attached hydrogen (secondary N) is 1. The van der Waals surface area contributed by atoms with Crippen LogP contribution in [0.3, 0.4) is 0 Å². The molecule has 0 saturated heterocycles. The SMILES string of the molecule is CNCCC(Oc1ccccc1)c1ccsc1.O=P(O)(O)O. The summed E-state index contributed by atoms with van der Waals surface area (Å²) in [6, 6.07) is 12.1. The normalized spacial score (nSPS) is 12.2. The van der Waals surface area contributed by atoms with Crippen LogP contribution in [0.2, 0.25) is 0 Å². The third-order valence-electron chi connectivity index (χ3n) is 2.59. The molecule has 1 heterocycles. The minimum atomic E-state index is -4.64. The summed E-state index contributed by atoms with van der Waals surface area (Å²) in [5.41, 5.74) is 1.26. The summed E-state index contributed by atoms with van der Waals surface area (Å²) in [4.78, 5) is 21.6. The quantitative estimate of drug-likeness (QED) is 0.601. The van der Waals surface area contributed by atoms with E-state index in [9.17, 15) is 0 Å². The van der Waals surface area contributed by atoms with Gasteiger partial charge in [-0.2, -0.15) is 11.3 Å². The molecule has 1 aromatic heterocycles. The van der Waals surface area contributed by atoms with Gasteiger partial charge in [0.15, 0.2) is 0 Å². The Labute approximate surface area is 133 Å². The predicted molar refractivity (Wildman–Crippen MR) is 86.9 cm³/mol. The molecule has 1 aromatic carbocycles. The lowest BCUT2D eigenvalue weighted by Crippen LogP contribution is -2.15. The fourth-order valence-corrected chi connectivity index (χ4v) is 2.39. The first-order valence-corrected chi connectivity index (χ1v) is 9.07. The molecule has 1 unspecified atom stereocenters. The molecular formula is C14H20NO5PS. The second-order valence-corrected chi connectivity index (χ2v) is 6.19. The fraction of sp³-hybridized carbons (Fsp3) is 0.286. The van der Waals surface area contributed by atoms with E-state index in [0.717, 1.165) is 18.7 Å². The molecule has 22 heavy (non-hydrogen) atoms. The zero-order chi connectivity index (χ0) is 16.4. The number of para-hydroxylation sites is 1. The lowest BCUT2D eigenvalue weighted by Gasteiger charge is -2.18. The Balaban J connectivity index is 0.000000422. The van der Waals surface area contributed by atoms with Crippen LogP contribution in [0.25, 0.3) is 0 Å². The summed E-state index contributed by atoms with van der Waals surface area (Å²) < 4.78 is 14.9. The lowest BCUT2D eigenvalue weighted by atomic mass is 10.1. The van der Waals surface area contributed by atoms with E-state index in [0.29, 0.717) is 0 Å². The van der Waals surface area contributed by atoms with Crippen molar-refractivity contribution >= 4 is 19.2 Å². The Morgan fingerprint density at radius 3 is 2.36 bits per heavy atom. The fourth-order valence-electron chi connectivity index (χ4n) is 1.69. The summed E-state index contributed by atoms with van der Waals surface area (Å²) in [6.07, 6.45) is 1.11. The molecule has 0 aliphatic rings. The van der Waals surface area contributed by atoms with E-state index in [1.54, 1.807) is 11.3 Å². The van der Waals surface area contributed by atoms with Gasteiger partial charge in [0.25, 0.3) is 0 Å². The van der Waals surface area contributed by atoms with E-state index in [-0.39, 0.29) is 6.10 Å². The lowest BCUT2D eigenvalue weighted by molar-refractivity contribution is 0.195. The van der Waals surface area contributed by atoms with Crippen LogP contribution in [0.5, 0.6) is 5.75 Å². The first-order chi connectivity index (χ1) is 10.4. The molecule has 0 spiro atoms. The van der Waals surface area contributed by atoms with Crippen molar-refractivity contribution in [2.45, 2.75) is 12.5 Å². The standard InChI is InChI=1S/C14H17NOS.H3O4P/c1-15-9-7-14(12-8-10-17-11-12)16-13-5-3-2-4-6-13;1-5(2,3)4/h2-6,8,10-11,14-15H,7,9H2,1H3;(H3,1,2,3,4). The van der Waals surface area contributed by atoms with Crippen molar-refractivity contribution in [2.75, 3.05) is 13.6 Å². The highest BCUT2D eigenvalue weighted by atomic mass is 32.1. The maximum absolute atomic E-state index is 8.88. The van der Waals surface area contributed by atoms with Gasteiger partial charge >= 0.3 is 7.82 Å². The third-order valence-corrected chi connectivity index (χ3v) is 3.29. The first-order valence-electron chi connectivity index (χ1n) is 6.57. The number of ether oxygens (including phenoxy) is 1. The van der Waals surface area contributed by atoms with E-state index < -0.39 is 7.82 Å². The number of hydrogen-bond donors (Lipinski definition) is 4. The average molecular weight is 345 g/mol. The Kier molecular flexibility index (Phi) is 8.34. The van der Waals surface area contributed by atoms with Crippen molar-refractivity contribution in [3.8, 4) is 5.75 Å². The van der Waals surface area contributed by atoms with E-state index in [1.165, 1.54) is 5.56 Å². The largest absolute Gasteiger partial charge is 0.486 e. The summed E-state index contributed by atoms with van der Waals surface area (Å²) in [5, 5.41) is 7.42. The van der Waals surface area contributed by atoms with Crippen LogP contribution in [0.15, 0.2) is 47.2 Å². The molecular weight excluding hydrogens is 325 g/mol. The van der Waals surface area contributed by atoms with Crippen LogP contribution in [-0.2, 0) is 4.57 Å². The van der Waals surface area contributed by atoms with Crippen LogP contribution < -0.4 is 10.1 Å². The number of phosphoric acid groups is 1. The van der Waals surface area contributed by atoms with Crippen LogP contribution in [0.1, 0.15) is 18.1 Å². The van der Waals surface area contributed by atoms with E-state index >= 15 is 0 Å². The minimum Gasteiger partial charge on any atom is -0.486 e. The summed E-state index contributed by atoms with van der Waals surface area (Å²) >= 11 is 1.71. The first kappa shape index (κ1) is 18.8. The van der Waals surface area contributed by atoms with Gasteiger partial charge in [0, 0.05) is 12.0 Å². The van der Waals surface area contributed by atoms with Crippen LogP contribution >= 0.6 is 19.2 Å². The molecule has 0 bridgehead atoms. The van der Waals surface area contributed by atoms with Gasteiger partial charge in [0.1, 0.15) is 11.9 Å². The smallest absolute Gasteiger partial charge is 0.466 e.